The van der Waals surface area contributed by atoms with Crippen LogP contribution in [0.3, 0.4) is 0 Å². The molecule has 0 aliphatic carbocycles. The fourth-order valence-electron chi connectivity index (χ4n) is 1.63. The first kappa shape index (κ1) is 9.90. The topological polar surface area (TPSA) is 35.0 Å². The lowest BCUT2D eigenvalue weighted by Crippen LogP contribution is -1.96. The van der Waals surface area contributed by atoms with Crippen LogP contribution in [0.15, 0.2) is 12.1 Å². The van der Waals surface area contributed by atoms with Crippen molar-refractivity contribution in [3.63, 3.8) is 0 Å². The number of hydrogen-bond donors (Lipinski definition) is 0. The van der Waals surface area contributed by atoms with Crippen LogP contribution in [0.25, 0.3) is 10.9 Å². The lowest BCUT2D eigenvalue weighted by atomic mass is 10.1. The molecule has 0 fully saturated rings. The van der Waals surface area contributed by atoms with Crippen molar-refractivity contribution in [3.05, 3.63) is 29.1 Å². The number of ether oxygens (including phenoxy) is 1. The van der Waals surface area contributed by atoms with E-state index in [1.54, 1.807) is 7.11 Å². The number of rotatable bonds is 1. The van der Waals surface area contributed by atoms with Gasteiger partial charge in [-0.2, -0.15) is 4.98 Å². The number of aromatic nitrogens is 2. The maximum absolute atomic E-state index is 5.25. The molecule has 15 heavy (non-hydrogen) atoms. The Labute approximate surface area is 89.1 Å². The SMILES string of the molecule is COc1nc(C)nc2cc(C)c(C)cc12. The summed E-state index contributed by atoms with van der Waals surface area (Å²) in [5.74, 6) is 1.39. The van der Waals surface area contributed by atoms with E-state index in [-0.39, 0.29) is 0 Å². The van der Waals surface area contributed by atoms with Crippen molar-refractivity contribution in [2.45, 2.75) is 20.8 Å². The van der Waals surface area contributed by atoms with Gasteiger partial charge in [-0.15, -0.1) is 0 Å². The highest BCUT2D eigenvalue weighted by atomic mass is 16.5. The van der Waals surface area contributed by atoms with E-state index in [9.17, 15) is 0 Å². The van der Waals surface area contributed by atoms with Crippen LogP contribution in [0.1, 0.15) is 17.0 Å². The van der Waals surface area contributed by atoms with E-state index >= 15 is 0 Å². The van der Waals surface area contributed by atoms with Crippen LogP contribution in [-0.4, -0.2) is 17.1 Å². The maximum atomic E-state index is 5.25. The van der Waals surface area contributed by atoms with Gasteiger partial charge in [0.25, 0.3) is 0 Å². The second kappa shape index (κ2) is 3.50. The maximum Gasteiger partial charge on any atom is 0.224 e. The zero-order valence-electron chi connectivity index (χ0n) is 9.46. The van der Waals surface area contributed by atoms with E-state index in [2.05, 4.69) is 35.9 Å². The highest BCUT2D eigenvalue weighted by Gasteiger charge is 2.07. The molecule has 0 aliphatic heterocycles. The van der Waals surface area contributed by atoms with Crippen molar-refractivity contribution >= 4 is 10.9 Å². The van der Waals surface area contributed by atoms with Crippen LogP contribution < -0.4 is 4.74 Å². The molecule has 0 aliphatic rings. The molecule has 1 aromatic carbocycles. The van der Waals surface area contributed by atoms with Crippen LogP contribution in [0, 0.1) is 20.8 Å². The van der Waals surface area contributed by atoms with Crippen LogP contribution in [-0.2, 0) is 0 Å². The van der Waals surface area contributed by atoms with Gasteiger partial charge in [0.2, 0.25) is 5.88 Å². The normalized spacial score (nSPS) is 10.7. The van der Waals surface area contributed by atoms with E-state index in [1.165, 1.54) is 11.1 Å². The molecule has 78 valence electrons. The lowest BCUT2D eigenvalue weighted by molar-refractivity contribution is 0.401. The second-order valence-corrected chi connectivity index (χ2v) is 3.73. The number of aryl methyl sites for hydroxylation is 3. The first-order valence-corrected chi connectivity index (χ1v) is 4.91. The van der Waals surface area contributed by atoms with Crippen LogP contribution >= 0.6 is 0 Å². The molecule has 3 nitrogen and oxygen atoms in total. The third-order valence-corrected chi connectivity index (χ3v) is 2.58. The van der Waals surface area contributed by atoms with Gasteiger partial charge >= 0.3 is 0 Å². The highest BCUT2D eigenvalue weighted by molar-refractivity contribution is 5.85. The van der Waals surface area contributed by atoms with Crippen molar-refractivity contribution in [3.8, 4) is 5.88 Å². The van der Waals surface area contributed by atoms with Gasteiger partial charge in [0.15, 0.2) is 0 Å². The van der Waals surface area contributed by atoms with Gasteiger partial charge in [-0.1, -0.05) is 0 Å². The molecular weight excluding hydrogens is 188 g/mol. The van der Waals surface area contributed by atoms with E-state index in [4.69, 9.17) is 4.74 Å². The van der Waals surface area contributed by atoms with Crippen molar-refractivity contribution in [1.82, 2.24) is 9.97 Å². The average molecular weight is 202 g/mol. The number of methoxy groups -OCH3 is 1. The minimum atomic E-state index is 0.653. The van der Waals surface area contributed by atoms with Gasteiger partial charge in [0, 0.05) is 0 Å². The van der Waals surface area contributed by atoms with E-state index in [1.807, 2.05) is 6.92 Å². The first-order valence-electron chi connectivity index (χ1n) is 4.91. The summed E-state index contributed by atoms with van der Waals surface area (Å²) in [6, 6.07) is 4.14. The second-order valence-electron chi connectivity index (χ2n) is 3.73. The summed E-state index contributed by atoms with van der Waals surface area (Å²) in [6.45, 7) is 6.03. The molecule has 0 bridgehead atoms. The fourth-order valence-corrected chi connectivity index (χ4v) is 1.63. The summed E-state index contributed by atoms with van der Waals surface area (Å²) in [4.78, 5) is 8.65. The Hall–Kier alpha value is -1.64. The zero-order chi connectivity index (χ0) is 11.0. The van der Waals surface area contributed by atoms with Gasteiger partial charge in [0.05, 0.1) is 18.0 Å². The predicted molar refractivity (Wildman–Crippen MR) is 60.3 cm³/mol. The van der Waals surface area contributed by atoms with E-state index in [0.29, 0.717) is 5.88 Å². The van der Waals surface area contributed by atoms with Gasteiger partial charge in [-0.05, 0) is 44.0 Å². The third-order valence-electron chi connectivity index (χ3n) is 2.58. The number of hydrogen-bond acceptors (Lipinski definition) is 3. The van der Waals surface area contributed by atoms with Crippen molar-refractivity contribution in [2.24, 2.45) is 0 Å². The molecular formula is C12H14N2O. The molecule has 0 spiro atoms. The molecule has 1 aromatic heterocycles. The van der Waals surface area contributed by atoms with Crippen molar-refractivity contribution < 1.29 is 4.74 Å². The summed E-state index contributed by atoms with van der Waals surface area (Å²) in [5.41, 5.74) is 3.42. The minimum absolute atomic E-state index is 0.653. The summed E-state index contributed by atoms with van der Waals surface area (Å²) >= 11 is 0. The predicted octanol–water partition coefficient (Wildman–Crippen LogP) is 2.56. The number of fused-ring (bicyclic) bond motifs is 1. The van der Waals surface area contributed by atoms with Gasteiger partial charge in [-0.3, -0.25) is 0 Å². The van der Waals surface area contributed by atoms with Gasteiger partial charge in [0.1, 0.15) is 5.82 Å². The largest absolute Gasteiger partial charge is 0.480 e. The fraction of sp³-hybridized carbons (Fsp3) is 0.333. The van der Waals surface area contributed by atoms with Crippen LogP contribution in [0.5, 0.6) is 5.88 Å². The lowest BCUT2D eigenvalue weighted by Gasteiger charge is -2.07. The van der Waals surface area contributed by atoms with Crippen LogP contribution in [0.4, 0.5) is 0 Å². The summed E-state index contributed by atoms with van der Waals surface area (Å²) in [6.07, 6.45) is 0. The summed E-state index contributed by atoms with van der Waals surface area (Å²) in [7, 11) is 1.64. The average Bonchev–Trinajstić information content (AvgIpc) is 2.19. The molecule has 0 amide bonds. The molecule has 0 saturated heterocycles. The Morgan fingerprint density at radius 3 is 2.33 bits per heavy atom. The third kappa shape index (κ3) is 1.65. The zero-order valence-corrected chi connectivity index (χ0v) is 9.46. The number of benzene rings is 1. The Morgan fingerprint density at radius 1 is 1.00 bits per heavy atom. The van der Waals surface area contributed by atoms with Gasteiger partial charge in [-0.25, -0.2) is 4.98 Å². The Bertz CT molecular complexity index is 521. The highest BCUT2D eigenvalue weighted by Crippen LogP contribution is 2.24. The molecule has 0 unspecified atom stereocenters. The van der Waals surface area contributed by atoms with Crippen molar-refractivity contribution in [1.29, 1.82) is 0 Å². The summed E-state index contributed by atoms with van der Waals surface area (Å²) in [5, 5.41) is 0.978. The quantitative estimate of drug-likeness (QED) is 0.712. The number of nitrogens with zero attached hydrogens (tertiary/aromatic N) is 2. The standard InChI is InChI=1S/C12H14N2O/c1-7-5-10-11(6-8(7)2)13-9(3)14-12(10)15-4/h5-6H,1-4H3. The first-order chi connectivity index (χ1) is 7.11. The van der Waals surface area contributed by atoms with E-state index < -0.39 is 0 Å². The van der Waals surface area contributed by atoms with Crippen molar-refractivity contribution in [2.75, 3.05) is 7.11 Å². The molecule has 2 rings (SSSR count). The Kier molecular flexibility index (Phi) is 2.31. The molecule has 0 N–H and O–H groups in total. The molecule has 2 aromatic rings. The monoisotopic (exact) mass is 202 g/mol. The van der Waals surface area contributed by atoms with E-state index in [0.717, 1.165) is 16.7 Å². The molecule has 0 saturated carbocycles. The Morgan fingerprint density at radius 2 is 1.67 bits per heavy atom. The van der Waals surface area contributed by atoms with Gasteiger partial charge < -0.3 is 4.74 Å². The molecule has 0 atom stereocenters. The smallest absolute Gasteiger partial charge is 0.224 e. The molecule has 3 heteroatoms. The molecule has 0 radical (unpaired) electrons. The summed E-state index contributed by atoms with van der Waals surface area (Å²) < 4.78 is 5.25. The Balaban J connectivity index is 2.84. The van der Waals surface area contributed by atoms with Crippen LogP contribution in [0.2, 0.25) is 0 Å². The molecule has 1 heterocycles. The minimum Gasteiger partial charge on any atom is -0.480 e.